The predicted molar refractivity (Wildman–Crippen MR) is 104 cm³/mol. The van der Waals surface area contributed by atoms with Crippen LogP contribution in [0.5, 0.6) is 5.75 Å². The summed E-state index contributed by atoms with van der Waals surface area (Å²) in [5.74, 6) is -0.682. The van der Waals surface area contributed by atoms with Gasteiger partial charge in [0.25, 0.3) is 0 Å². The van der Waals surface area contributed by atoms with Gasteiger partial charge < -0.3 is 15.8 Å². The average Bonchev–Trinajstić information content (AvgIpc) is 2.64. The van der Waals surface area contributed by atoms with Crippen molar-refractivity contribution < 1.29 is 22.7 Å². The second kappa shape index (κ2) is 10.3. The second-order valence-electron chi connectivity index (χ2n) is 6.46. The molecule has 0 radical (unpaired) electrons. The standard InChI is InChI=1S/C20H23F3N2O2.ClH/c1-13-8-9-16(17(10-13)27-12-20(21,22)23)11-25-19(26)14(2)18(24)15-6-4-3-5-7-15;/h3-10,14,18H,11-12,24H2,1-2H3,(H,25,26);1H. The van der Waals surface area contributed by atoms with Gasteiger partial charge in [0.1, 0.15) is 5.75 Å². The van der Waals surface area contributed by atoms with Crippen LogP contribution in [0.15, 0.2) is 48.5 Å². The SMILES string of the molecule is Cc1ccc(CNC(=O)C(C)C(N)c2ccccc2)c(OCC(F)(F)F)c1.Cl. The van der Waals surface area contributed by atoms with Gasteiger partial charge in [0.2, 0.25) is 5.91 Å². The first kappa shape index (κ1) is 23.8. The number of hydrogen-bond acceptors (Lipinski definition) is 3. The Morgan fingerprint density at radius 1 is 1.18 bits per heavy atom. The lowest BCUT2D eigenvalue weighted by molar-refractivity contribution is -0.153. The largest absolute Gasteiger partial charge is 0.484 e. The van der Waals surface area contributed by atoms with Crippen LogP contribution in [0.1, 0.15) is 29.7 Å². The van der Waals surface area contributed by atoms with E-state index in [1.165, 1.54) is 6.07 Å². The first-order chi connectivity index (χ1) is 12.7. The lowest BCUT2D eigenvalue weighted by Gasteiger charge is -2.20. The fourth-order valence-corrected chi connectivity index (χ4v) is 2.57. The van der Waals surface area contributed by atoms with Crippen molar-refractivity contribution in [1.82, 2.24) is 5.32 Å². The van der Waals surface area contributed by atoms with Gasteiger partial charge in [-0.05, 0) is 24.1 Å². The van der Waals surface area contributed by atoms with E-state index >= 15 is 0 Å². The number of carbonyl (C=O) groups excluding carboxylic acids is 1. The van der Waals surface area contributed by atoms with Gasteiger partial charge in [-0.25, -0.2) is 0 Å². The van der Waals surface area contributed by atoms with Crippen molar-refractivity contribution in [2.45, 2.75) is 32.6 Å². The summed E-state index contributed by atoms with van der Waals surface area (Å²) >= 11 is 0. The van der Waals surface area contributed by atoms with E-state index in [9.17, 15) is 18.0 Å². The molecule has 2 unspecified atom stereocenters. The lowest BCUT2D eigenvalue weighted by atomic mass is 9.94. The molecule has 0 aliphatic carbocycles. The minimum absolute atomic E-state index is 0. The highest BCUT2D eigenvalue weighted by Crippen LogP contribution is 2.24. The molecule has 0 saturated carbocycles. The molecule has 8 heteroatoms. The first-order valence-corrected chi connectivity index (χ1v) is 8.54. The minimum atomic E-state index is -4.43. The van der Waals surface area contributed by atoms with Crippen LogP contribution in [0.3, 0.4) is 0 Å². The number of nitrogens with one attached hydrogen (secondary N) is 1. The number of alkyl halides is 3. The topological polar surface area (TPSA) is 64.4 Å². The molecular weight excluding hydrogens is 393 g/mol. The van der Waals surface area contributed by atoms with Crippen LogP contribution in [0.4, 0.5) is 13.2 Å². The van der Waals surface area contributed by atoms with Crippen LogP contribution in [0, 0.1) is 12.8 Å². The third-order valence-electron chi connectivity index (χ3n) is 4.20. The zero-order chi connectivity index (χ0) is 20.0. The Hall–Kier alpha value is -2.25. The molecule has 154 valence electrons. The van der Waals surface area contributed by atoms with Crippen molar-refractivity contribution >= 4 is 18.3 Å². The Labute approximate surface area is 168 Å². The molecule has 0 aliphatic rings. The molecule has 2 rings (SSSR count). The van der Waals surface area contributed by atoms with Gasteiger partial charge in [0.05, 0.1) is 5.92 Å². The van der Waals surface area contributed by atoms with E-state index in [4.69, 9.17) is 10.5 Å². The number of nitrogens with two attached hydrogens (primary N) is 1. The Morgan fingerprint density at radius 3 is 2.43 bits per heavy atom. The number of amides is 1. The molecule has 28 heavy (non-hydrogen) atoms. The number of rotatable bonds is 7. The van der Waals surface area contributed by atoms with E-state index < -0.39 is 24.7 Å². The number of hydrogen-bond donors (Lipinski definition) is 2. The maximum Gasteiger partial charge on any atom is 0.422 e. The van der Waals surface area contributed by atoms with E-state index in [0.29, 0.717) is 5.56 Å². The van der Waals surface area contributed by atoms with Crippen LogP contribution >= 0.6 is 12.4 Å². The highest BCUT2D eigenvalue weighted by molar-refractivity contribution is 5.85. The average molecular weight is 417 g/mol. The Kier molecular flexibility index (Phi) is 8.78. The van der Waals surface area contributed by atoms with Crippen molar-refractivity contribution in [1.29, 1.82) is 0 Å². The van der Waals surface area contributed by atoms with Crippen molar-refractivity contribution in [2.75, 3.05) is 6.61 Å². The maximum atomic E-state index is 12.4. The van der Waals surface area contributed by atoms with Crippen LogP contribution in [0.25, 0.3) is 0 Å². The lowest BCUT2D eigenvalue weighted by Crippen LogP contribution is -2.35. The van der Waals surface area contributed by atoms with Crippen LogP contribution < -0.4 is 15.8 Å². The molecule has 0 fully saturated rings. The van der Waals surface area contributed by atoms with Crippen LogP contribution in [-0.4, -0.2) is 18.7 Å². The van der Waals surface area contributed by atoms with E-state index in [1.807, 2.05) is 30.3 Å². The van der Waals surface area contributed by atoms with E-state index in [2.05, 4.69) is 5.32 Å². The zero-order valence-electron chi connectivity index (χ0n) is 15.6. The summed E-state index contributed by atoms with van der Waals surface area (Å²) in [6, 6.07) is 13.7. The van der Waals surface area contributed by atoms with Crippen molar-refractivity contribution in [3.05, 3.63) is 65.2 Å². The summed E-state index contributed by atoms with van der Waals surface area (Å²) < 4.78 is 42.2. The van der Waals surface area contributed by atoms with Gasteiger partial charge in [-0.2, -0.15) is 13.2 Å². The summed E-state index contributed by atoms with van der Waals surface area (Å²) in [6.45, 7) is 2.14. The predicted octanol–water partition coefficient (Wildman–Crippen LogP) is 4.31. The summed E-state index contributed by atoms with van der Waals surface area (Å²) in [7, 11) is 0. The number of aryl methyl sites for hydroxylation is 1. The third-order valence-corrected chi connectivity index (χ3v) is 4.20. The van der Waals surface area contributed by atoms with Gasteiger partial charge in [0, 0.05) is 18.2 Å². The van der Waals surface area contributed by atoms with Crippen molar-refractivity contribution in [3.63, 3.8) is 0 Å². The molecule has 0 aromatic heterocycles. The number of halogens is 4. The molecular formula is C20H24ClF3N2O2. The summed E-state index contributed by atoms with van der Waals surface area (Å²) in [6.07, 6.45) is -4.43. The van der Waals surface area contributed by atoms with Crippen molar-refractivity contribution in [3.8, 4) is 5.75 Å². The molecule has 0 saturated heterocycles. The fourth-order valence-electron chi connectivity index (χ4n) is 2.57. The highest BCUT2D eigenvalue weighted by atomic mass is 35.5. The molecule has 2 atom stereocenters. The van der Waals surface area contributed by atoms with Gasteiger partial charge in [-0.15, -0.1) is 12.4 Å². The molecule has 0 spiro atoms. The second-order valence-corrected chi connectivity index (χ2v) is 6.46. The van der Waals surface area contributed by atoms with Crippen LogP contribution in [0.2, 0.25) is 0 Å². The van der Waals surface area contributed by atoms with Gasteiger partial charge in [0.15, 0.2) is 6.61 Å². The molecule has 1 amide bonds. The summed E-state index contributed by atoms with van der Waals surface area (Å²) in [5.41, 5.74) is 8.22. The van der Waals surface area contributed by atoms with E-state index in [1.54, 1.807) is 26.0 Å². The Bertz CT molecular complexity index is 770. The molecule has 2 aromatic carbocycles. The number of ether oxygens (including phenoxy) is 1. The fraction of sp³-hybridized carbons (Fsp3) is 0.350. The third kappa shape index (κ3) is 7.05. The van der Waals surface area contributed by atoms with Gasteiger partial charge in [-0.1, -0.05) is 49.4 Å². The molecule has 0 heterocycles. The highest BCUT2D eigenvalue weighted by Gasteiger charge is 2.29. The Balaban J connectivity index is 0.00000392. The quantitative estimate of drug-likeness (QED) is 0.706. The molecule has 3 N–H and O–H groups in total. The Morgan fingerprint density at radius 2 is 1.82 bits per heavy atom. The zero-order valence-corrected chi connectivity index (χ0v) is 16.4. The maximum absolute atomic E-state index is 12.4. The van der Waals surface area contributed by atoms with Gasteiger partial charge in [-0.3, -0.25) is 4.79 Å². The molecule has 2 aromatic rings. The normalized spacial score (nSPS) is 13.2. The summed E-state index contributed by atoms with van der Waals surface area (Å²) in [5, 5.41) is 2.73. The van der Waals surface area contributed by atoms with Crippen molar-refractivity contribution in [2.24, 2.45) is 11.7 Å². The molecule has 0 aliphatic heterocycles. The smallest absolute Gasteiger partial charge is 0.422 e. The number of benzene rings is 2. The van der Waals surface area contributed by atoms with E-state index in [-0.39, 0.29) is 30.6 Å². The van der Waals surface area contributed by atoms with Gasteiger partial charge >= 0.3 is 6.18 Å². The van der Waals surface area contributed by atoms with Crippen LogP contribution in [-0.2, 0) is 11.3 Å². The summed E-state index contributed by atoms with van der Waals surface area (Å²) in [4.78, 5) is 12.4. The molecule has 0 bridgehead atoms. The molecule has 4 nitrogen and oxygen atoms in total. The minimum Gasteiger partial charge on any atom is -0.484 e. The number of carbonyl (C=O) groups is 1. The van der Waals surface area contributed by atoms with E-state index in [0.717, 1.165) is 11.1 Å². The monoisotopic (exact) mass is 416 g/mol. The first-order valence-electron chi connectivity index (χ1n) is 8.54.